The first-order valence-corrected chi connectivity index (χ1v) is 6.19. The smallest absolute Gasteiger partial charge is 0.326 e. The zero-order valence-corrected chi connectivity index (χ0v) is 11.2. The fraction of sp³-hybridized carbons (Fsp3) is 0.500. The molecule has 110 valence electrons. The van der Waals surface area contributed by atoms with Gasteiger partial charge in [0.05, 0.1) is 12.2 Å². The maximum Gasteiger partial charge on any atom is 0.435 e. The molecule has 0 aliphatic carbocycles. The second-order valence-electron chi connectivity index (χ2n) is 4.64. The van der Waals surface area contributed by atoms with Gasteiger partial charge in [-0.15, -0.1) is 0 Å². The molecule has 0 aromatic carbocycles. The van der Waals surface area contributed by atoms with Crippen LogP contribution in [0.2, 0.25) is 0 Å². The highest BCUT2D eigenvalue weighted by atomic mass is 19.4. The predicted molar refractivity (Wildman–Crippen MR) is 66.8 cm³/mol. The van der Waals surface area contributed by atoms with Gasteiger partial charge in [0, 0.05) is 31.0 Å². The van der Waals surface area contributed by atoms with Crippen molar-refractivity contribution in [2.24, 2.45) is 12.8 Å². The molecule has 0 aliphatic rings. The summed E-state index contributed by atoms with van der Waals surface area (Å²) in [5.74, 6) is 0. The van der Waals surface area contributed by atoms with Crippen molar-refractivity contribution in [3.63, 3.8) is 0 Å². The second kappa shape index (κ2) is 5.28. The minimum atomic E-state index is -4.46. The van der Waals surface area contributed by atoms with E-state index in [0.717, 1.165) is 11.6 Å². The van der Waals surface area contributed by atoms with E-state index in [4.69, 9.17) is 5.73 Å². The Kier molecular flexibility index (Phi) is 3.85. The van der Waals surface area contributed by atoms with Gasteiger partial charge in [0.1, 0.15) is 0 Å². The molecule has 0 amide bonds. The fourth-order valence-electron chi connectivity index (χ4n) is 2.06. The van der Waals surface area contributed by atoms with E-state index in [1.54, 1.807) is 24.1 Å². The summed E-state index contributed by atoms with van der Waals surface area (Å²) in [6.07, 6.45) is 0.780. The first-order chi connectivity index (χ1) is 9.32. The summed E-state index contributed by atoms with van der Waals surface area (Å²) in [7, 11) is 1.74. The van der Waals surface area contributed by atoms with Crippen LogP contribution in [0, 0.1) is 0 Å². The van der Waals surface area contributed by atoms with Gasteiger partial charge in [-0.05, 0) is 12.5 Å². The Bertz CT molecular complexity index is 572. The lowest BCUT2D eigenvalue weighted by atomic mass is 10.0. The van der Waals surface area contributed by atoms with Crippen molar-refractivity contribution in [3.8, 4) is 0 Å². The quantitative estimate of drug-likeness (QED) is 0.935. The third kappa shape index (κ3) is 2.84. The molecule has 20 heavy (non-hydrogen) atoms. The summed E-state index contributed by atoms with van der Waals surface area (Å²) in [6.45, 7) is 1.88. The molecule has 2 heterocycles. The maximum atomic E-state index is 12.6. The van der Waals surface area contributed by atoms with Gasteiger partial charge < -0.3 is 5.73 Å². The van der Waals surface area contributed by atoms with E-state index < -0.39 is 17.9 Å². The van der Waals surface area contributed by atoms with Gasteiger partial charge in [-0.25, -0.2) is 0 Å². The Morgan fingerprint density at radius 3 is 2.55 bits per heavy atom. The minimum Gasteiger partial charge on any atom is -0.326 e. The number of nitrogens with zero attached hydrogens (tertiary/aromatic N) is 4. The van der Waals surface area contributed by atoms with Gasteiger partial charge in [0.25, 0.3) is 0 Å². The maximum absolute atomic E-state index is 12.6. The molecule has 2 atom stereocenters. The Hall–Kier alpha value is -1.83. The number of hydrogen-bond donors (Lipinski definition) is 1. The minimum absolute atomic E-state index is 0.347. The average Bonchev–Trinajstić information content (AvgIpc) is 2.98. The van der Waals surface area contributed by atoms with Crippen LogP contribution >= 0.6 is 0 Å². The molecule has 2 unspecified atom stereocenters. The first-order valence-electron chi connectivity index (χ1n) is 6.19. The molecule has 5 nitrogen and oxygen atoms in total. The number of alkyl halides is 3. The van der Waals surface area contributed by atoms with Crippen LogP contribution in [0.25, 0.3) is 0 Å². The number of nitrogens with two attached hydrogens (primary N) is 1. The standard InChI is InChI=1S/C12H16F3N5/c1-3-9(16)11(8-6-17-19(2)7-8)20-5-4-10(18-20)12(13,14)15/h4-7,9,11H,3,16H2,1-2H3. The third-order valence-corrected chi connectivity index (χ3v) is 3.13. The van der Waals surface area contributed by atoms with E-state index in [0.29, 0.717) is 6.42 Å². The van der Waals surface area contributed by atoms with E-state index in [9.17, 15) is 13.2 Å². The van der Waals surface area contributed by atoms with Crippen molar-refractivity contribution in [3.05, 3.63) is 35.9 Å². The third-order valence-electron chi connectivity index (χ3n) is 3.13. The lowest BCUT2D eigenvalue weighted by Crippen LogP contribution is -2.33. The second-order valence-corrected chi connectivity index (χ2v) is 4.64. The number of aryl methyl sites for hydroxylation is 1. The van der Waals surface area contributed by atoms with E-state index in [1.165, 1.54) is 10.9 Å². The molecule has 2 rings (SSSR count). The van der Waals surface area contributed by atoms with Crippen LogP contribution < -0.4 is 5.73 Å². The van der Waals surface area contributed by atoms with Gasteiger partial charge in [0.2, 0.25) is 0 Å². The predicted octanol–water partition coefficient (Wildman–Crippen LogP) is 1.96. The van der Waals surface area contributed by atoms with Gasteiger partial charge >= 0.3 is 6.18 Å². The molecule has 0 aliphatic heterocycles. The lowest BCUT2D eigenvalue weighted by Gasteiger charge is -2.22. The van der Waals surface area contributed by atoms with Gasteiger partial charge in [-0.3, -0.25) is 9.36 Å². The molecule has 0 radical (unpaired) electrons. The Balaban J connectivity index is 2.39. The van der Waals surface area contributed by atoms with Crippen LogP contribution in [0.15, 0.2) is 24.7 Å². The zero-order chi connectivity index (χ0) is 14.9. The molecule has 0 fully saturated rings. The van der Waals surface area contributed by atoms with Crippen LogP contribution in [-0.4, -0.2) is 25.6 Å². The van der Waals surface area contributed by atoms with Crippen LogP contribution in [0.3, 0.4) is 0 Å². The first kappa shape index (κ1) is 14.6. The van der Waals surface area contributed by atoms with Crippen molar-refractivity contribution >= 4 is 0 Å². The summed E-state index contributed by atoms with van der Waals surface area (Å²) >= 11 is 0. The Morgan fingerprint density at radius 1 is 1.40 bits per heavy atom. The Labute approximate surface area is 114 Å². The van der Waals surface area contributed by atoms with Crippen LogP contribution in [0.4, 0.5) is 13.2 Å². The SMILES string of the molecule is CCC(N)C(c1cnn(C)c1)n1ccc(C(F)(F)F)n1. The van der Waals surface area contributed by atoms with E-state index in [1.807, 2.05) is 6.92 Å². The van der Waals surface area contributed by atoms with Gasteiger partial charge in [-0.1, -0.05) is 6.92 Å². The highest BCUT2D eigenvalue weighted by Gasteiger charge is 2.35. The van der Waals surface area contributed by atoms with Crippen LogP contribution in [-0.2, 0) is 13.2 Å². The summed E-state index contributed by atoms with van der Waals surface area (Å²) in [5, 5.41) is 7.64. The van der Waals surface area contributed by atoms with Gasteiger partial charge in [-0.2, -0.15) is 23.4 Å². The summed E-state index contributed by atoms with van der Waals surface area (Å²) in [6, 6.07) is 0.135. The normalized spacial score (nSPS) is 15.3. The van der Waals surface area contributed by atoms with Crippen molar-refractivity contribution in [1.82, 2.24) is 19.6 Å². The largest absolute Gasteiger partial charge is 0.435 e. The molecular formula is C12H16F3N5. The van der Waals surface area contributed by atoms with Crippen LogP contribution in [0.1, 0.15) is 30.6 Å². The number of halogens is 3. The van der Waals surface area contributed by atoms with Crippen molar-refractivity contribution in [1.29, 1.82) is 0 Å². The van der Waals surface area contributed by atoms with E-state index in [2.05, 4.69) is 10.2 Å². The Morgan fingerprint density at radius 2 is 2.10 bits per heavy atom. The monoisotopic (exact) mass is 287 g/mol. The average molecular weight is 287 g/mol. The lowest BCUT2D eigenvalue weighted by molar-refractivity contribution is -0.141. The highest BCUT2D eigenvalue weighted by molar-refractivity contribution is 5.16. The summed E-state index contributed by atoms with van der Waals surface area (Å²) < 4.78 is 40.7. The number of aromatic nitrogens is 4. The summed E-state index contributed by atoms with van der Waals surface area (Å²) in [5.41, 5.74) is 5.84. The van der Waals surface area contributed by atoms with Crippen LogP contribution in [0.5, 0.6) is 0 Å². The molecule has 2 aromatic rings. The number of hydrogen-bond acceptors (Lipinski definition) is 3. The molecule has 2 N–H and O–H groups in total. The highest BCUT2D eigenvalue weighted by Crippen LogP contribution is 2.29. The molecule has 8 heteroatoms. The molecule has 0 saturated heterocycles. The van der Waals surface area contributed by atoms with Crippen molar-refractivity contribution in [2.45, 2.75) is 31.6 Å². The van der Waals surface area contributed by atoms with Gasteiger partial charge in [0.15, 0.2) is 5.69 Å². The zero-order valence-electron chi connectivity index (χ0n) is 11.2. The van der Waals surface area contributed by atoms with E-state index in [-0.39, 0.29) is 6.04 Å². The molecule has 0 spiro atoms. The molecule has 2 aromatic heterocycles. The summed E-state index contributed by atoms with van der Waals surface area (Å²) in [4.78, 5) is 0. The fourth-order valence-corrected chi connectivity index (χ4v) is 2.06. The number of rotatable bonds is 4. The molecule has 0 bridgehead atoms. The van der Waals surface area contributed by atoms with Crippen molar-refractivity contribution in [2.75, 3.05) is 0 Å². The van der Waals surface area contributed by atoms with E-state index >= 15 is 0 Å². The molecule has 0 saturated carbocycles. The molecular weight excluding hydrogens is 271 g/mol. The topological polar surface area (TPSA) is 61.7 Å². The van der Waals surface area contributed by atoms with Crippen molar-refractivity contribution < 1.29 is 13.2 Å².